The fourth-order valence-corrected chi connectivity index (χ4v) is 1.49. The van der Waals surface area contributed by atoms with Crippen LogP contribution in [-0.4, -0.2) is 10.1 Å². The van der Waals surface area contributed by atoms with Crippen molar-refractivity contribution in [1.29, 1.82) is 0 Å². The number of oxazole rings is 1. The van der Waals surface area contributed by atoms with Crippen molar-refractivity contribution in [1.82, 2.24) is 4.98 Å². The van der Waals surface area contributed by atoms with Crippen LogP contribution >= 0.6 is 0 Å². The summed E-state index contributed by atoms with van der Waals surface area (Å²) >= 11 is 0. The Bertz CT molecular complexity index is 392. The van der Waals surface area contributed by atoms with E-state index in [1.54, 1.807) is 18.3 Å². The molecule has 1 aromatic heterocycles. The predicted molar refractivity (Wildman–Crippen MR) is 56.6 cm³/mol. The first-order valence-corrected chi connectivity index (χ1v) is 5.00. The molecule has 78 valence electrons. The summed E-state index contributed by atoms with van der Waals surface area (Å²) in [6.45, 7) is 0. The molecular weight excluding hydrogens is 190 g/mol. The van der Waals surface area contributed by atoms with Crippen LogP contribution in [0.2, 0.25) is 0 Å². The third-order valence-electron chi connectivity index (χ3n) is 2.31. The molecule has 2 aromatic rings. The van der Waals surface area contributed by atoms with E-state index < -0.39 is 0 Å². The summed E-state index contributed by atoms with van der Waals surface area (Å²) < 4.78 is 5.14. The van der Waals surface area contributed by atoms with E-state index in [9.17, 15) is 0 Å². The first-order valence-electron chi connectivity index (χ1n) is 5.00. The minimum atomic E-state index is 0.314. The van der Waals surface area contributed by atoms with E-state index in [2.05, 4.69) is 4.98 Å². The van der Waals surface area contributed by atoms with Crippen LogP contribution in [0, 0.1) is 0 Å². The molecule has 0 spiro atoms. The summed E-state index contributed by atoms with van der Waals surface area (Å²) in [6.07, 6.45) is 6.12. The highest BCUT2D eigenvalue weighted by Gasteiger charge is 1.98. The summed E-state index contributed by atoms with van der Waals surface area (Å²) in [4.78, 5) is 3.86. The monoisotopic (exact) mass is 203 g/mol. The number of aryl methyl sites for hydroxylation is 2. The van der Waals surface area contributed by atoms with Gasteiger partial charge in [0.15, 0.2) is 6.39 Å². The molecule has 15 heavy (non-hydrogen) atoms. The minimum Gasteiger partial charge on any atom is -0.508 e. The van der Waals surface area contributed by atoms with Gasteiger partial charge >= 0.3 is 0 Å². The standard InChI is InChI=1S/C12H13NO2/c14-11-6-4-10(5-7-11)2-1-3-12-8-13-9-15-12/h4-9,14H,1-3H2. The zero-order valence-electron chi connectivity index (χ0n) is 8.39. The molecule has 0 aliphatic heterocycles. The summed E-state index contributed by atoms with van der Waals surface area (Å²) in [5.74, 6) is 1.24. The van der Waals surface area contributed by atoms with Gasteiger partial charge < -0.3 is 9.52 Å². The van der Waals surface area contributed by atoms with E-state index in [0.717, 1.165) is 25.0 Å². The summed E-state index contributed by atoms with van der Waals surface area (Å²) in [5, 5.41) is 9.11. The quantitative estimate of drug-likeness (QED) is 0.830. The van der Waals surface area contributed by atoms with Crippen LogP contribution in [0.5, 0.6) is 5.75 Å². The van der Waals surface area contributed by atoms with E-state index >= 15 is 0 Å². The molecule has 0 amide bonds. The molecule has 3 nitrogen and oxygen atoms in total. The zero-order valence-corrected chi connectivity index (χ0v) is 8.39. The van der Waals surface area contributed by atoms with E-state index in [4.69, 9.17) is 9.52 Å². The van der Waals surface area contributed by atoms with Gasteiger partial charge in [0, 0.05) is 6.42 Å². The summed E-state index contributed by atoms with van der Waals surface area (Å²) in [6, 6.07) is 7.30. The van der Waals surface area contributed by atoms with Crippen LogP contribution in [0.3, 0.4) is 0 Å². The van der Waals surface area contributed by atoms with E-state index in [-0.39, 0.29) is 0 Å². The fraction of sp³-hybridized carbons (Fsp3) is 0.250. The number of phenolic OH excluding ortho intramolecular Hbond substituents is 1. The maximum absolute atomic E-state index is 9.11. The lowest BCUT2D eigenvalue weighted by molar-refractivity contribution is 0.475. The van der Waals surface area contributed by atoms with Crippen LogP contribution in [0.4, 0.5) is 0 Å². The molecule has 0 aliphatic carbocycles. The number of aromatic nitrogens is 1. The van der Waals surface area contributed by atoms with E-state index in [1.165, 1.54) is 12.0 Å². The van der Waals surface area contributed by atoms with Crippen molar-refractivity contribution in [3.63, 3.8) is 0 Å². The van der Waals surface area contributed by atoms with Gasteiger partial charge in [-0.2, -0.15) is 0 Å². The maximum Gasteiger partial charge on any atom is 0.180 e. The molecule has 0 unspecified atom stereocenters. The third kappa shape index (κ3) is 2.84. The summed E-state index contributed by atoms with van der Waals surface area (Å²) in [7, 11) is 0. The molecule has 0 bridgehead atoms. The first-order chi connectivity index (χ1) is 7.34. The van der Waals surface area contributed by atoms with Crippen molar-refractivity contribution in [2.45, 2.75) is 19.3 Å². The zero-order chi connectivity index (χ0) is 10.5. The molecule has 0 radical (unpaired) electrons. The average Bonchev–Trinajstić information content (AvgIpc) is 2.74. The second-order valence-electron chi connectivity index (χ2n) is 3.49. The lowest BCUT2D eigenvalue weighted by Crippen LogP contribution is -1.88. The Balaban J connectivity index is 1.81. The lowest BCUT2D eigenvalue weighted by atomic mass is 10.1. The van der Waals surface area contributed by atoms with Crippen LogP contribution in [0.25, 0.3) is 0 Å². The van der Waals surface area contributed by atoms with Gasteiger partial charge in [-0.05, 0) is 30.5 Å². The van der Waals surface area contributed by atoms with Gasteiger partial charge in [0.05, 0.1) is 6.20 Å². The van der Waals surface area contributed by atoms with Gasteiger partial charge in [-0.25, -0.2) is 4.98 Å². The van der Waals surface area contributed by atoms with Crippen LogP contribution in [-0.2, 0) is 12.8 Å². The minimum absolute atomic E-state index is 0.314. The molecule has 0 aliphatic rings. The molecule has 1 aromatic carbocycles. The molecule has 1 heterocycles. The van der Waals surface area contributed by atoms with E-state index in [0.29, 0.717) is 5.75 Å². The SMILES string of the molecule is Oc1ccc(CCCc2cnco2)cc1. The smallest absolute Gasteiger partial charge is 0.180 e. The number of rotatable bonds is 4. The van der Waals surface area contributed by atoms with E-state index in [1.807, 2.05) is 12.1 Å². The van der Waals surface area contributed by atoms with Crippen molar-refractivity contribution in [3.05, 3.63) is 48.2 Å². The van der Waals surface area contributed by atoms with Gasteiger partial charge in [-0.3, -0.25) is 0 Å². The second-order valence-corrected chi connectivity index (χ2v) is 3.49. The van der Waals surface area contributed by atoms with Gasteiger partial charge in [0.2, 0.25) is 0 Å². The van der Waals surface area contributed by atoms with Crippen molar-refractivity contribution in [3.8, 4) is 5.75 Å². The second kappa shape index (κ2) is 4.64. The molecule has 1 N–H and O–H groups in total. The largest absolute Gasteiger partial charge is 0.508 e. The Morgan fingerprint density at radius 1 is 1.13 bits per heavy atom. The topological polar surface area (TPSA) is 46.3 Å². The third-order valence-corrected chi connectivity index (χ3v) is 2.31. The Morgan fingerprint density at radius 3 is 2.60 bits per heavy atom. The average molecular weight is 203 g/mol. The van der Waals surface area contributed by atoms with Gasteiger partial charge in [0.25, 0.3) is 0 Å². The number of phenols is 1. The number of benzene rings is 1. The molecular formula is C12H13NO2. The molecule has 2 rings (SSSR count). The Hall–Kier alpha value is -1.77. The van der Waals surface area contributed by atoms with Crippen molar-refractivity contribution in [2.75, 3.05) is 0 Å². The maximum atomic E-state index is 9.11. The van der Waals surface area contributed by atoms with Crippen LogP contribution in [0.15, 0.2) is 41.3 Å². The highest BCUT2D eigenvalue weighted by Crippen LogP contribution is 2.12. The fourth-order valence-electron chi connectivity index (χ4n) is 1.49. The number of hydrogen-bond donors (Lipinski definition) is 1. The summed E-state index contributed by atoms with van der Waals surface area (Å²) in [5.41, 5.74) is 1.23. The lowest BCUT2D eigenvalue weighted by Gasteiger charge is -2.00. The Labute approximate surface area is 88.4 Å². The van der Waals surface area contributed by atoms with Crippen LogP contribution < -0.4 is 0 Å². The number of aromatic hydroxyl groups is 1. The molecule has 0 saturated heterocycles. The van der Waals surface area contributed by atoms with Gasteiger partial charge in [-0.1, -0.05) is 12.1 Å². The molecule has 0 fully saturated rings. The van der Waals surface area contributed by atoms with Crippen LogP contribution in [0.1, 0.15) is 17.7 Å². The van der Waals surface area contributed by atoms with Gasteiger partial charge in [0.1, 0.15) is 11.5 Å². The predicted octanol–water partition coefficient (Wildman–Crippen LogP) is 2.56. The normalized spacial score (nSPS) is 10.4. The first kappa shape index (κ1) is 9.77. The highest BCUT2D eigenvalue weighted by atomic mass is 16.3. The number of hydrogen-bond acceptors (Lipinski definition) is 3. The molecule has 0 atom stereocenters. The van der Waals surface area contributed by atoms with Crippen molar-refractivity contribution in [2.24, 2.45) is 0 Å². The molecule has 0 saturated carbocycles. The van der Waals surface area contributed by atoms with Gasteiger partial charge in [-0.15, -0.1) is 0 Å². The number of nitrogens with zero attached hydrogens (tertiary/aromatic N) is 1. The molecule has 3 heteroatoms. The highest BCUT2D eigenvalue weighted by molar-refractivity contribution is 5.25. The Morgan fingerprint density at radius 2 is 1.93 bits per heavy atom. The Kier molecular flexibility index (Phi) is 3.02. The van der Waals surface area contributed by atoms with Crippen molar-refractivity contribution < 1.29 is 9.52 Å². The van der Waals surface area contributed by atoms with Crippen molar-refractivity contribution >= 4 is 0 Å².